The molecule has 1 aliphatic heterocycles. The molecule has 1 aromatic carbocycles. The van der Waals surface area contributed by atoms with E-state index < -0.39 is 34.1 Å². The summed E-state index contributed by atoms with van der Waals surface area (Å²) < 4.78 is 0. The third-order valence-electron chi connectivity index (χ3n) is 3.47. The number of nitro benzene ring substituents is 1. The quantitative estimate of drug-likeness (QED) is 0.311. The van der Waals surface area contributed by atoms with Crippen molar-refractivity contribution in [3.05, 3.63) is 50.1 Å². The molecule has 0 spiro atoms. The fourth-order valence-electron chi connectivity index (χ4n) is 2.16. The van der Waals surface area contributed by atoms with Gasteiger partial charge >= 0.3 is 11.6 Å². The maximum atomic E-state index is 11.5. The van der Waals surface area contributed by atoms with Crippen molar-refractivity contribution in [1.82, 2.24) is 5.32 Å². The molecule has 2 atom stereocenters. The summed E-state index contributed by atoms with van der Waals surface area (Å²) in [5, 5.41) is 33.6. The zero-order valence-electron chi connectivity index (χ0n) is 12.5. The van der Waals surface area contributed by atoms with Crippen LogP contribution in [0.3, 0.4) is 0 Å². The molecule has 0 amide bonds. The molecule has 2 N–H and O–H groups in total. The van der Waals surface area contributed by atoms with Crippen molar-refractivity contribution in [2.75, 3.05) is 6.54 Å². The second kappa shape index (κ2) is 7.32. The average molecular weight is 370 g/mol. The van der Waals surface area contributed by atoms with Crippen LogP contribution < -0.4 is 5.32 Å². The van der Waals surface area contributed by atoms with Crippen LogP contribution in [0, 0.1) is 20.2 Å². The van der Waals surface area contributed by atoms with Crippen LogP contribution >= 0.6 is 11.6 Å². The third kappa shape index (κ3) is 4.33. The first kappa shape index (κ1) is 18.4. The highest BCUT2D eigenvalue weighted by Gasteiger charge is 2.46. The van der Waals surface area contributed by atoms with Crippen molar-refractivity contribution in [3.8, 4) is 0 Å². The van der Waals surface area contributed by atoms with Gasteiger partial charge in [0.2, 0.25) is 5.29 Å². The van der Waals surface area contributed by atoms with Gasteiger partial charge in [-0.05, 0) is 23.6 Å². The van der Waals surface area contributed by atoms with Gasteiger partial charge in [-0.15, -0.1) is 0 Å². The van der Waals surface area contributed by atoms with Crippen molar-refractivity contribution in [3.63, 3.8) is 0 Å². The number of carboxylic acid groups (broad SMARTS) is 1. The van der Waals surface area contributed by atoms with Gasteiger partial charge in [-0.25, -0.2) is 15.3 Å². The lowest BCUT2D eigenvalue weighted by Gasteiger charge is -2.26. The van der Waals surface area contributed by atoms with Gasteiger partial charge in [0, 0.05) is 12.1 Å². The number of nitro groups is 2. The van der Waals surface area contributed by atoms with Crippen LogP contribution in [0.2, 0.25) is 0 Å². The van der Waals surface area contributed by atoms with Gasteiger partial charge in [0.25, 0.3) is 5.69 Å². The minimum absolute atomic E-state index is 0.131. The molecule has 11 nitrogen and oxygen atoms in total. The molecule has 2 rings (SSSR count). The van der Waals surface area contributed by atoms with Crippen molar-refractivity contribution < 1.29 is 19.7 Å². The standard InChI is InChI=1S/C13H12ClN5O6/c14-12-15-6-13(7-16-12,19(24)25)17-10(11(20)21)5-8-1-3-9(4-2-8)18(22)23/h1-4,6,10,17H,5,7H2,(H,20,21)/t10-,13?/m0/s1. The van der Waals surface area contributed by atoms with Crippen LogP contribution in [0.25, 0.3) is 0 Å². The Morgan fingerprint density at radius 1 is 1.36 bits per heavy atom. The van der Waals surface area contributed by atoms with Crippen molar-refractivity contribution in [2.45, 2.75) is 18.1 Å². The molecule has 1 heterocycles. The molecular formula is C13H12ClN5O6. The fourth-order valence-corrected chi connectivity index (χ4v) is 2.27. The Labute approximate surface area is 145 Å². The topological polar surface area (TPSA) is 160 Å². The van der Waals surface area contributed by atoms with Crippen LogP contribution in [0.5, 0.6) is 0 Å². The van der Waals surface area contributed by atoms with Crippen molar-refractivity contribution in [1.29, 1.82) is 0 Å². The predicted molar refractivity (Wildman–Crippen MR) is 87.7 cm³/mol. The smallest absolute Gasteiger partial charge is 0.330 e. The number of carbonyl (C=O) groups is 1. The Balaban J connectivity index is 2.20. The number of aliphatic carboxylic acids is 1. The van der Waals surface area contributed by atoms with E-state index in [0.29, 0.717) is 5.56 Å². The molecule has 0 aliphatic carbocycles. The number of halogens is 1. The van der Waals surface area contributed by atoms with E-state index >= 15 is 0 Å². The van der Waals surface area contributed by atoms with E-state index in [1.807, 2.05) is 0 Å². The average Bonchev–Trinajstić information content (AvgIpc) is 2.56. The van der Waals surface area contributed by atoms with Crippen LogP contribution in [-0.4, -0.2) is 50.7 Å². The summed E-state index contributed by atoms with van der Waals surface area (Å²) in [5.74, 6) is -1.33. The first-order valence-corrected chi connectivity index (χ1v) is 7.25. The van der Waals surface area contributed by atoms with E-state index in [2.05, 4.69) is 15.3 Å². The van der Waals surface area contributed by atoms with Gasteiger partial charge in [-0.2, -0.15) is 0 Å². The fraction of sp³-hybridized carbons (Fsp3) is 0.308. The Bertz CT molecular complexity index is 765. The summed E-state index contributed by atoms with van der Waals surface area (Å²) in [6, 6.07) is 3.88. The van der Waals surface area contributed by atoms with E-state index in [1.54, 1.807) is 0 Å². The summed E-state index contributed by atoms with van der Waals surface area (Å²) >= 11 is 5.55. The monoisotopic (exact) mass is 369 g/mol. The van der Waals surface area contributed by atoms with Gasteiger partial charge in [0.05, 0.1) is 9.85 Å². The molecule has 1 aliphatic rings. The SMILES string of the molecule is O=C(O)[C@H](Cc1ccc([N+](=O)[O-])cc1)NC1([N+](=O)[O-])C=NC(Cl)=NC1. The summed E-state index contributed by atoms with van der Waals surface area (Å²) in [6.45, 7) is -0.410. The van der Waals surface area contributed by atoms with E-state index in [1.165, 1.54) is 24.3 Å². The van der Waals surface area contributed by atoms with E-state index in [9.17, 15) is 30.1 Å². The van der Waals surface area contributed by atoms with Crippen LogP contribution in [0.1, 0.15) is 5.56 Å². The zero-order chi connectivity index (χ0) is 18.6. The number of nitrogens with one attached hydrogen (secondary N) is 1. The molecule has 0 bridgehead atoms. The lowest BCUT2D eigenvalue weighted by molar-refractivity contribution is -0.551. The lowest BCUT2D eigenvalue weighted by Crippen LogP contribution is -2.62. The molecular weight excluding hydrogens is 358 g/mol. The Morgan fingerprint density at radius 2 is 2.00 bits per heavy atom. The molecule has 0 radical (unpaired) electrons. The largest absolute Gasteiger partial charge is 0.480 e. The molecule has 12 heteroatoms. The maximum Gasteiger partial charge on any atom is 0.330 e. The number of benzene rings is 1. The molecule has 1 aromatic rings. The number of nitrogens with zero attached hydrogens (tertiary/aromatic N) is 4. The number of rotatable bonds is 7. The van der Waals surface area contributed by atoms with Gasteiger partial charge in [0.15, 0.2) is 0 Å². The maximum absolute atomic E-state index is 11.5. The van der Waals surface area contributed by atoms with E-state index in [4.69, 9.17) is 11.6 Å². The summed E-state index contributed by atoms with van der Waals surface area (Å²) in [7, 11) is 0. The highest BCUT2D eigenvalue weighted by Crippen LogP contribution is 2.16. The first-order valence-electron chi connectivity index (χ1n) is 6.87. The summed E-state index contributed by atoms with van der Waals surface area (Å²) in [4.78, 5) is 39.4. The van der Waals surface area contributed by atoms with Gasteiger partial charge in [-0.1, -0.05) is 12.1 Å². The third-order valence-corrected chi connectivity index (χ3v) is 3.69. The van der Waals surface area contributed by atoms with Gasteiger partial charge in [-0.3, -0.25) is 25.0 Å². The zero-order valence-corrected chi connectivity index (χ0v) is 13.3. The minimum atomic E-state index is -2.00. The minimum Gasteiger partial charge on any atom is -0.480 e. The normalized spacial score (nSPS) is 20.6. The Morgan fingerprint density at radius 3 is 2.44 bits per heavy atom. The summed E-state index contributed by atoms with van der Waals surface area (Å²) in [5.41, 5.74) is -1.69. The number of non-ortho nitro benzene ring substituents is 1. The highest BCUT2D eigenvalue weighted by molar-refractivity contribution is 6.65. The number of carboxylic acids is 1. The molecule has 132 valence electrons. The number of hydrogen-bond acceptors (Lipinski definition) is 8. The predicted octanol–water partition coefficient (Wildman–Crippen LogP) is 0.832. The van der Waals surface area contributed by atoms with Crippen molar-refractivity contribution in [2.24, 2.45) is 9.98 Å². The van der Waals surface area contributed by atoms with Crippen molar-refractivity contribution >= 4 is 34.8 Å². The van der Waals surface area contributed by atoms with Crippen LogP contribution in [0.15, 0.2) is 34.3 Å². The van der Waals surface area contributed by atoms with E-state index in [-0.39, 0.29) is 17.4 Å². The molecule has 0 saturated heterocycles. The second-order valence-corrected chi connectivity index (χ2v) is 5.53. The molecule has 0 fully saturated rings. The molecule has 0 saturated carbocycles. The molecule has 0 aromatic heterocycles. The van der Waals surface area contributed by atoms with Gasteiger partial charge < -0.3 is 5.11 Å². The number of amidine groups is 1. The number of aliphatic imine (C=N–C) groups is 2. The second-order valence-electron chi connectivity index (χ2n) is 5.19. The van der Waals surface area contributed by atoms with E-state index in [0.717, 1.165) is 6.21 Å². The van der Waals surface area contributed by atoms with Gasteiger partial charge in [0.1, 0.15) is 18.8 Å². The van der Waals surface area contributed by atoms with Crippen LogP contribution in [0.4, 0.5) is 5.69 Å². The Kier molecular flexibility index (Phi) is 5.39. The Hall–Kier alpha value is -2.92. The lowest BCUT2D eigenvalue weighted by atomic mass is 10.0. The van der Waals surface area contributed by atoms with Crippen LogP contribution in [-0.2, 0) is 11.2 Å². The molecule has 1 unspecified atom stereocenters. The highest BCUT2D eigenvalue weighted by atomic mass is 35.5. The number of hydrogen-bond donors (Lipinski definition) is 2. The molecule has 25 heavy (non-hydrogen) atoms. The first-order chi connectivity index (χ1) is 11.7. The summed E-state index contributed by atoms with van der Waals surface area (Å²) in [6.07, 6.45) is 0.780.